The highest BCUT2D eigenvalue weighted by Gasteiger charge is 2.30. The summed E-state index contributed by atoms with van der Waals surface area (Å²) < 4.78 is 32.8. The highest BCUT2D eigenvalue weighted by atomic mass is 16.2. The molecular weight excluding hydrogens is 270 g/mol. The molecule has 1 saturated carbocycles. The summed E-state index contributed by atoms with van der Waals surface area (Å²) in [6, 6.07) is 2.00. The standard InChI is InChI=1S/C15H15N3O3/c1-8-17-11-4-2-3-10(16)14(11)15(21)18(8)12-6-5-9(19)7-13(12)20/h2-4,12H,5-7,16H2,1H3/i5D2,6D,12D. The minimum Gasteiger partial charge on any atom is -0.398 e. The highest BCUT2D eigenvalue weighted by Crippen LogP contribution is 2.24. The van der Waals surface area contributed by atoms with Crippen LogP contribution in [0.15, 0.2) is 23.0 Å². The number of benzene rings is 1. The lowest BCUT2D eigenvalue weighted by molar-refractivity contribution is -0.132. The number of aromatic nitrogens is 2. The molecule has 2 N–H and O–H groups in total. The van der Waals surface area contributed by atoms with E-state index in [1.54, 1.807) is 12.1 Å². The third-order valence-electron chi connectivity index (χ3n) is 3.32. The second-order valence-corrected chi connectivity index (χ2v) is 4.74. The van der Waals surface area contributed by atoms with E-state index in [9.17, 15) is 14.4 Å². The predicted octanol–water partition coefficient (Wildman–Crippen LogP) is 1.15. The number of anilines is 1. The molecule has 0 spiro atoms. The van der Waals surface area contributed by atoms with Gasteiger partial charge < -0.3 is 5.73 Å². The molecule has 1 aromatic carbocycles. The number of ketones is 2. The first-order chi connectivity index (χ1) is 11.5. The van der Waals surface area contributed by atoms with Crippen LogP contribution in [0.3, 0.4) is 0 Å². The first kappa shape index (κ1) is 9.44. The molecule has 1 aromatic heterocycles. The van der Waals surface area contributed by atoms with Crippen LogP contribution in [0.25, 0.3) is 10.9 Å². The highest BCUT2D eigenvalue weighted by molar-refractivity contribution is 6.03. The van der Waals surface area contributed by atoms with Gasteiger partial charge >= 0.3 is 0 Å². The molecule has 0 amide bonds. The fraction of sp³-hybridized carbons (Fsp3) is 0.333. The van der Waals surface area contributed by atoms with E-state index in [0.717, 1.165) is 0 Å². The molecule has 6 heteroatoms. The molecular formula is C15H15N3O3. The molecule has 21 heavy (non-hydrogen) atoms. The zero-order chi connectivity index (χ0) is 18.7. The Bertz CT molecular complexity index is 988. The summed E-state index contributed by atoms with van der Waals surface area (Å²) in [4.78, 5) is 41.3. The Labute approximate surface area is 126 Å². The van der Waals surface area contributed by atoms with Crippen molar-refractivity contribution in [3.8, 4) is 0 Å². The van der Waals surface area contributed by atoms with Gasteiger partial charge in [0.25, 0.3) is 5.56 Å². The maximum absolute atomic E-state index is 12.9. The monoisotopic (exact) mass is 289 g/mol. The average Bonchev–Trinajstić information content (AvgIpc) is 2.52. The SMILES string of the molecule is [2H]C1C([2H])([2H])C(=O)CC(=O)C1([2H])n1c(C)nc2cccc(N)c2c1=O. The number of carbonyl (C=O) groups is 2. The quantitative estimate of drug-likeness (QED) is 0.627. The number of nitrogen functional groups attached to an aromatic ring is 1. The number of hydrogen-bond donors (Lipinski definition) is 1. The molecule has 2 atom stereocenters. The van der Waals surface area contributed by atoms with E-state index in [1.165, 1.54) is 13.0 Å². The molecule has 2 unspecified atom stereocenters. The zero-order valence-electron chi connectivity index (χ0n) is 15.2. The molecule has 0 bridgehead atoms. The lowest BCUT2D eigenvalue weighted by atomic mass is 9.92. The van der Waals surface area contributed by atoms with Gasteiger partial charge in [0.15, 0.2) is 5.78 Å². The smallest absolute Gasteiger partial charge is 0.264 e. The second-order valence-electron chi connectivity index (χ2n) is 4.74. The maximum Gasteiger partial charge on any atom is 0.264 e. The van der Waals surface area contributed by atoms with E-state index in [1.807, 2.05) is 0 Å². The van der Waals surface area contributed by atoms with Crippen LogP contribution in [-0.4, -0.2) is 21.1 Å². The molecule has 6 nitrogen and oxygen atoms in total. The van der Waals surface area contributed by atoms with E-state index in [2.05, 4.69) is 4.98 Å². The Hall–Kier alpha value is -2.50. The first-order valence-corrected chi connectivity index (χ1v) is 6.30. The number of rotatable bonds is 1. The van der Waals surface area contributed by atoms with Crippen LogP contribution in [0.2, 0.25) is 0 Å². The fourth-order valence-corrected chi connectivity index (χ4v) is 2.36. The van der Waals surface area contributed by atoms with Crippen LogP contribution in [0.4, 0.5) is 5.69 Å². The van der Waals surface area contributed by atoms with Crippen molar-refractivity contribution < 1.29 is 15.1 Å². The van der Waals surface area contributed by atoms with Crippen molar-refractivity contribution in [2.75, 3.05) is 5.73 Å². The number of aryl methyl sites for hydroxylation is 1. The van der Waals surface area contributed by atoms with Crippen molar-refractivity contribution in [3.05, 3.63) is 34.4 Å². The Morgan fingerprint density at radius 2 is 2.19 bits per heavy atom. The lowest BCUT2D eigenvalue weighted by Gasteiger charge is -2.24. The molecule has 3 rings (SSSR count). The molecule has 1 fully saturated rings. The molecule has 0 saturated heterocycles. The summed E-state index contributed by atoms with van der Waals surface area (Å²) in [5, 5.41) is -0.0165. The largest absolute Gasteiger partial charge is 0.398 e. The van der Waals surface area contributed by atoms with Gasteiger partial charge in [0.05, 0.1) is 24.7 Å². The summed E-state index contributed by atoms with van der Waals surface area (Å²) >= 11 is 0. The van der Waals surface area contributed by atoms with Crippen LogP contribution in [0, 0.1) is 6.92 Å². The Balaban J connectivity index is 2.39. The van der Waals surface area contributed by atoms with Crippen molar-refractivity contribution in [2.45, 2.75) is 32.1 Å². The van der Waals surface area contributed by atoms with Crippen LogP contribution in [0.5, 0.6) is 0 Å². The summed E-state index contributed by atoms with van der Waals surface area (Å²) in [5.74, 6) is -2.12. The second kappa shape index (κ2) is 4.80. The predicted molar refractivity (Wildman–Crippen MR) is 78.1 cm³/mol. The van der Waals surface area contributed by atoms with Crippen molar-refractivity contribution in [1.29, 1.82) is 0 Å². The topological polar surface area (TPSA) is 95.1 Å². The minimum atomic E-state index is -2.74. The molecule has 108 valence electrons. The molecule has 0 radical (unpaired) electrons. The van der Waals surface area contributed by atoms with Gasteiger partial charge in [0, 0.05) is 16.2 Å². The summed E-state index contributed by atoms with van der Waals surface area (Å²) in [7, 11) is 0. The Morgan fingerprint density at radius 3 is 2.95 bits per heavy atom. The number of nitrogens with two attached hydrogens (primary N) is 1. The van der Waals surface area contributed by atoms with Crippen molar-refractivity contribution in [2.24, 2.45) is 0 Å². The minimum absolute atomic E-state index is 0.0165. The fourth-order valence-electron chi connectivity index (χ4n) is 2.36. The van der Waals surface area contributed by atoms with Gasteiger partial charge in [-0.05, 0) is 25.5 Å². The van der Waals surface area contributed by atoms with Gasteiger partial charge in [0.1, 0.15) is 11.6 Å². The zero-order valence-corrected chi connectivity index (χ0v) is 11.2. The van der Waals surface area contributed by atoms with Gasteiger partial charge in [-0.15, -0.1) is 0 Å². The lowest BCUT2D eigenvalue weighted by Crippen LogP contribution is -2.36. The number of carbonyl (C=O) groups excluding carboxylic acids is 2. The first-order valence-electron chi connectivity index (χ1n) is 8.37. The number of nitrogens with zero attached hydrogens (tertiary/aromatic N) is 2. The van der Waals surface area contributed by atoms with E-state index < -0.39 is 42.3 Å². The van der Waals surface area contributed by atoms with Gasteiger partial charge in [-0.25, -0.2) is 4.98 Å². The summed E-state index contributed by atoms with van der Waals surface area (Å²) in [6.45, 7) is 1.38. The third-order valence-corrected chi connectivity index (χ3v) is 3.32. The molecule has 1 heterocycles. The number of Topliss-reactive ketones (excluding diaryl/α,β-unsaturated/α-hetero) is 2. The number of fused-ring (bicyclic) bond motifs is 1. The van der Waals surface area contributed by atoms with Crippen molar-refractivity contribution in [3.63, 3.8) is 0 Å². The Kier molecular flexibility index (Phi) is 2.16. The van der Waals surface area contributed by atoms with E-state index in [-0.39, 0.29) is 22.4 Å². The molecule has 2 aromatic rings. The van der Waals surface area contributed by atoms with Crippen LogP contribution >= 0.6 is 0 Å². The van der Waals surface area contributed by atoms with E-state index >= 15 is 0 Å². The van der Waals surface area contributed by atoms with Crippen molar-refractivity contribution in [1.82, 2.24) is 9.55 Å². The summed E-state index contributed by atoms with van der Waals surface area (Å²) in [5.41, 5.74) is 5.37. The van der Waals surface area contributed by atoms with Gasteiger partial charge in [-0.3, -0.25) is 19.0 Å². The van der Waals surface area contributed by atoms with Gasteiger partial charge in [-0.2, -0.15) is 0 Å². The van der Waals surface area contributed by atoms with Gasteiger partial charge in [-0.1, -0.05) is 6.07 Å². The van der Waals surface area contributed by atoms with Crippen molar-refractivity contribution >= 4 is 28.2 Å². The average molecular weight is 289 g/mol. The molecule has 1 aliphatic rings. The Morgan fingerprint density at radius 1 is 1.43 bits per heavy atom. The summed E-state index contributed by atoms with van der Waals surface area (Å²) in [6.07, 6.45) is -5.71. The van der Waals surface area contributed by atoms with E-state index in [0.29, 0.717) is 4.57 Å². The maximum atomic E-state index is 12.9. The normalized spacial score (nSPS) is 31.4. The molecule has 0 aliphatic heterocycles. The van der Waals surface area contributed by atoms with Crippen LogP contribution < -0.4 is 11.3 Å². The van der Waals surface area contributed by atoms with E-state index in [4.69, 9.17) is 11.2 Å². The number of hydrogen-bond acceptors (Lipinski definition) is 5. The molecule has 1 aliphatic carbocycles. The third kappa shape index (κ3) is 2.12. The van der Waals surface area contributed by atoms with Crippen LogP contribution in [0.1, 0.15) is 36.5 Å². The van der Waals surface area contributed by atoms with Gasteiger partial charge in [0.2, 0.25) is 0 Å². The van der Waals surface area contributed by atoms with Crippen LogP contribution in [-0.2, 0) is 9.59 Å².